The van der Waals surface area contributed by atoms with Gasteiger partial charge in [0.25, 0.3) is 0 Å². The van der Waals surface area contributed by atoms with Gasteiger partial charge in [0, 0.05) is 19.0 Å². The second-order valence-corrected chi connectivity index (χ2v) is 4.84. The first-order valence-electron chi connectivity index (χ1n) is 6.33. The van der Waals surface area contributed by atoms with Crippen molar-refractivity contribution in [3.05, 3.63) is 29.8 Å². The molecule has 1 atom stereocenters. The van der Waals surface area contributed by atoms with Crippen molar-refractivity contribution in [2.45, 2.75) is 18.9 Å². The molecule has 0 aliphatic carbocycles. The quantitative estimate of drug-likeness (QED) is 0.852. The summed E-state index contributed by atoms with van der Waals surface area (Å²) in [7, 11) is 0. The van der Waals surface area contributed by atoms with Gasteiger partial charge in [-0.25, -0.2) is 0 Å². The third kappa shape index (κ3) is 3.04. The van der Waals surface area contributed by atoms with Crippen LogP contribution in [-0.4, -0.2) is 29.0 Å². The Bertz CT molecular complexity index is 502. The maximum absolute atomic E-state index is 11.1. The zero-order chi connectivity index (χ0) is 13.8. The van der Waals surface area contributed by atoms with Gasteiger partial charge in [0.2, 0.25) is 5.91 Å². The van der Waals surface area contributed by atoms with Gasteiger partial charge in [0.15, 0.2) is 0 Å². The molecule has 1 heterocycles. The third-order valence-corrected chi connectivity index (χ3v) is 3.61. The van der Waals surface area contributed by atoms with E-state index in [1.165, 1.54) is 0 Å². The zero-order valence-corrected chi connectivity index (χ0v) is 10.6. The van der Waals surface area contributed by atoms with Gasteiger partial charge in [-0.2, -0.15) is 5.26 Å². The lowest BCUT2D eigenvalue weighted by Gasteiger charge is -2.33. The Morgan fingerprint density at radius 2 is 2.16 bits per heavy atom. The minimum absolute atomic E-state index is 0.0835. The molecule has 1 aliphatic heterocycles. The Balaban J connectivity index is 2.08. The normalized spacial score (nSPS) is 18.7. The molecule has 0 saturated carbocycles. The molecule has 1 aromatic rings. The van der Waals surface area contributed by atoms with E-state index >= 15 is 0 Å². The predicted octanol–water partition coefficient (Wildman–Crippen LogP) is 1.15. The van der Waals surface area contributed by atoms with Crippen LogP contribution >= 0.6 is 0 Å². The van der Waals surface area contributed by atoms with E-state index in [1.807, 2.05) is 11.0 Å². The summed E-state index contributed by atoms with van der Waals surface area (Å²) in [6, 6.07) is 8.61. The molecule has 1 aromatic carbocycles. The Morgan fingerprint density at radius 3 is 2.68 bits per heavy atom. The molecule has 100 valence electrons. The summed E-state index contributed by atoms with van der Waals surface area (Å²) in [5.41, 5.74) is 6.07. The molecular weight excluding hydrogens is 242 g/mol. The van der Waals surface area contributed by atoms with E-state index in [1.54, 1.807) is 18.2 Å². The van der Waals surface area contributed by atoms with Crippen LogP contribution in [0.4, 0.5) is 0 Å². The lowest BCUT2D eigenvalue weighted by molar-refractivity contribution is -0.123. The number of aromatic hydroxyl groups is 1. The number of nitrogens with zero attached hydrogens (tertiary/aromatic N) is 2. The van der Waals surface area contributed by atoms with Crippen molar-refractivity contribution in [3.8, 4) is 11.8 Å². The number of rotatable bonds is 3. The summed E-state index contributed by atoms with van der Waals surface area (Å²) in [6.07, 6.45) is 1.37. The Labute approximate surface area is 112 Å². The topological polar surface area (TPSA) is 90.3 Å². The number of primary amides is 1. The average molecular weight is 259 g/mol. The molecule has 1 aliphatic rings. The number of nitriles is 1. The molecule has 1 amide bonds. The largest absolute Gasteiger partial charge is 0.508 e. The van der Waals surface area contributed by atoms with Gasteiger partial charge in [-0.15, -0.1) is 0 Å². The molecule has 19 heavy (non-hydrogen) atoms. The lowest BCUT2D eigenvalue weighted by atomic mass is 9.94. The van der Waals surface area contributed by atoms with Gasteiger partial charge in [-0.05, 0) is 30.5 Å². The van der Waals surface area contributed by atoms with E-state index in [9.17, 15) is 15.2 Å². The van der Waals surface area contributed by atoms with E-state index in [2.05, 4.69) is 6.07 Å². The highest BCUT2D eigenvalue weighted by Crippen LogP contribution is 2.27. The summed E-state index contributed by atoms with van der Waals surface area (Å²) in [5.74, 6) is -0.185. The summed E-state index contributed by atoms with van der Waals surface area (Å²) in [5, 5.41) is 18.8. The molecule has 2 rings (SSSR count). The van der Waals surface area contributed by atoms with Crippen LogP contribution < -0.4 is 5.73 Å². The van der Waals surface area contributed by atoms with E-state index in [-0.39, 0.29) is 23.6 Å². The van der Waals surface area contributed by atoms with Gasteiger partial charge in [-0.3, -0.25) is 9.69 Å². The highest BCUT2D eigenvalue weighted by molar-refractivity contribution is 5.76. The second kappa shape index (κ2) is 5.72. The SMILES string of the molecule is N#CC(c1cccc(O)c1)N1CCC(C(N)=O)CC1. The molecule has 1 unspecified atom stereocenters. The van der Waals surface area contributed by atoms with Crippen LogP contribution in [-0.2, 0) is 4.79 Å². The molecule has 0 bridgehead atoms. The van der Waals surface area contributed by atoms with E-state index in [0.29, 0.717) is 25.9 Å². The van der Waals surface area contributed by atoms with Crippen molar-refractivity contribution >= 4 is 5.91 Å². The standard InChI is InChI=1S/C14H17N3O2/c15-9-13(11-2-1-3-12(18)8-11)17-6-4-10(5-7-17)14(16)19/h1-3,8,10,13,18H,4-7H2,(H2,16,19). The first-order chi connectivity index (χ1) is 9.11. The number of phenolic OH excluding ortho intramolecular Hbond substituents is 1. The fourth-order valence-electron chi connectivity index (χ4n) is 2.50. The predicted molar refractivity (Wildman–Crippen MR) is 70.0 cm³/mol. The molecule has 0 radical (unpaired) electrons. The van der Waals surface area contributed by atoms with Crippen LogP contribution in [0.3, 0.4) is 0 Å². The van der Waals surface area contributed by atoms with Gasteiger partial charge in [0.05, 0.1) is 6.07 Å². The van der Waals surface area contributed by atoms with Crippen molar-refractivity contribution in [3.63, 3.8) is 0 Å². The Kier molecular flexibility index (Phi) is 4.03. The summed E-state index contributed by atoms with van der Waals surface area (Å²) < 4.78 is 0. The second-order valence-electron chi connectivity index (χ2n) is 4.84. The molecule has 1 fully saturated rings. The number of amides is 1. The number of hydrogen-bond donors (Lipinski definition) is 2. The Hall–Kier alpha value is -2.06. The van der Waals surface area contributed by atoms with Crippen molar-refractivity contribution in [1.82, 2.24) is 4.90 Å². The maximum atomic E-state index is 11.1. The summed E-state index contributed by atoms with van der Waals surface area (Å²) in [4.78, 5) is 13.1. The third-order valence-electron chi connectivity index (χ3n) is 3.61. The molecule has 0 aromatic heterocycles. The molecule has 0 spiro atoms. The van der Waals surface area contributed by atoms with Crippen LogP contribution in [0, 0.1) is 17.2 Å². The molecule has 3 N–H and O–H groups in total. The van der Waals surface area contributed by atoms with Crippen LogP contribution in [0.1, 0.15) is 24.4 Å². The van der Waals surface area contributed by atoms with Gasteiger partial charge in [-0.1, -0.05) is 12.1 Å². The Morgan fingerprint density at radius 1 is 1.47 bits per heavy atom. The van der Waals surface area contributed by atoms with E-state index < -0.39 is 0 Å². The minimum atomic E-state index is -0.388. The monoisotopic (exact) mass is 259 g/mol. The number of likely N-dealkylation sites (tertiary alicyclic amines) is 1. The number of nitrogens with two attached hydrogens (primary N) is 1. The van der Waals surface area contributed by atoms with Gasteiger partial charge < -0.3 is 10.8 Å². The van der Waals surface area contributed by atoms with Crippen molar-refractivity contribution in [2.24, 2.45) is 11.7 Å². The summed E-state index contributed by atoms with van der Waals surface area (Å²) >= 11 is 0. The maximum Gasteiger partial charge on any atom is 0.220 e. The fourth-order valence-corrected chi connectivity index (χ4v) is 2.50. The zero-order valence-electron chi connectivity index (χ0n) is 10.6. The highest BCUT2D eigenvalue weighted by atomic mass is 16.3. The fraction of sp³-hybridized carbons (Fsp3) is 0.429. The van der Waals surface area contributed by atoms with Crippen LogP contribution in [0.15, 0.2) is 24.3 Å². The van der Waals surface area contributed by atoms with Gasteiger partial charge >= 0.3 is 0 Å². The molecule has 5 heteroatoms. The number of benzene rings is 1. The van der Waals surface area contributed by atoms with Crippen LogP contribution in [0.25, 0.3) is 0 Å². The van der Waals surface area contributed by atoms with E-state index in [0.717, 1.165) is 5.56 Å². The molecule has 1 saturated heterocycles. The lowest BCUT2D eigenvalue weighted by Crippen LogP contribution is -2.40. The first-order valence-corrected chi connectivity index (χ1v) is 6.33. The number of phenols is 1. The molecular formula is C14H17N3O2. The number of carbonyl (C=O) groups excluding carboxylic acids is 1. The number of hydrogen-bond acceptors (Lipinski definition) is 4. The smallest absolute Gasteiger partial charge is 0.220 e. The van der Waals surface area contributed by atoms with Crippen LogP contribution in [0.2, 0.25) is 0 Å². The number of piperidine rings is 1. The summed E-state index contributed by atoms with van der Waals surface area (Å²) in [6.45, 7) is 1.34. The van der Waals surface area contributed by atoms with Crippen LogP contribution in [0.5, 0.6) is 5.75 Å². The van der Waals surface area contributed by atoms with Gasteiger partial charge in [0.1, 0.15) is 11.8 Å². The number of carbonyl (C=O) groups is 1. The van der Waals surface area contributed by atoms with Crippen molar-refractivity contribution in [1.29, 1.82) is 5.26 Å². The molecule has 5 nitrogen and oxygen atoms in total. The minimum Gasteiger partial charge on any atom is -0.508 e. The van der Waals surface area contributed by atoms with E-state index in [4.69, 9.17) is 5.73 Å². The average Bonchev–Trinajstić information content (AvgIpc) is 2.40. The van der Waals surface area contributed by atoms with Crippen molar-refractivity contribution < 1.29 is 9.90 Å². The highest BCUT2D eigenvalue weighted by Gasteiger charge is 2.28. The first kappa shape index (κ1) is 13.4. The van der Waals surface area contributed by atoms with Crippen molar-refractivity contribution in [2.75, 3.05) is 13.1 Å².